The zero-order chi connectivity index (χ0) is 11.4. The lowest BCUT2D eigenvalue weighted by molar-refractivity contribution is -0.151. The second-order valence-corrected chi connectivity index (χ2v) is 4.79. The average molecular weight is 231 g/mol. The number of halogens is 3. The number of nitrogens with one attached hydrogen (secondary N) is 1. The van der Waals surface area contributed by atoms with E-state index in [4.69, 9.17) is 0 Å². The van der Waals surface area contributed by atoms with Gasteiger partial charge in [0.1, 0.15) is 6.04 Å². The molecule has 0 saturated carbocycles. The summed E-state index contributed by atoms with van der Waals surface area (Å²) < 4.78 is 49.9. The summed E-state index contributed by atoms with van der Waals surface area (Å²) in [6.07, 6.45) is -4.42. The van der Waals surface area contributed by atoms with Crippen LogP contribution >= 0.6 is 0 Å². The van der Waals surface area contributed by atoms with Crippen molar-refractivity contribution >= 4 is 11.0 Å². The summed E-state index contributed by atoms with van der Waals surface area (Å²) in [4.78, 5) is 0. The molecule has 0 aromatic heterocycles. The molecule has 2 atom stereocenters. The fraction of sp³-hybridized carbons (Fsp3) is 1.00. The Bertz CT molecular complexity index is 194. The smallest absolute Gasteiger partial charge is 0.243 e. The molecule has 0 fully saturated rings. The van der Waals surface area contributed by atoms with Crippen molar-refractivity contribution < 1.29 is 17.4 Å². The molecule has 86 valence electrons. The van der Waals surface area contributed by atoms with Crippen molar-refractivity contribution in [2.45, 2.75) is 39.4 Å². The van der Waals surface area contributed by atoms with Crippen molar-refractivity contribution in [3.63, 3.8) is 0 Å². The van der Waals surface area contributed by atoms with Gasteiger partial charge in [0, 0.05) is 5.75 Å². The van der Waals surface area contributed by atoms with Crippen LogP contribution in [-0.4, -0.2) is 22.2 Å². The first-order valence-electron chi connectivity index (χ1n) is 4.48. The normalized spacial score (nSPS) is 17.1. The van der Waals surface area contributed by atoms with Crippen LogP contribution in [0, 0.1) is 5.92 Å². The minimum atomic E-state index is -4.32. The Hall–Kier alpha value is -0.100. The topological polar surface area (TPSA) is 29.1 Å². The second-order valence-electron chi connectivity index (χ2n) is 3.53. The van der Waals surface area contributed by atoms with Gasteiger partial charge in [-0.2, -0.15) is 13.2 Å². The molecule has 6 heteroatoms. The summed E-state index contributed by atoms with van der Waals surface area (Å²) in [5.74, 6) is 0.362. The Kier molecular flexibility index (Phi) is 5.66. The van der Waals surface area contributed by atoms with E-state index < -0.39 is 23.2 Å². The third-order valence-electron chi connectivity index (χ3n) is 1.56. The van der Waals surface area contributed by atoms with E-state index in [1.807, 2.05) is 13.8 Å². The lowest BCUT2D eigenvalue weighted by Crippen LogP contribution is -2.43. The van der Waals surface area contributed by atoms with Gasteiger partial charge >= 0.3 is 6.18 Å². The van der Waals surface area contributed by atoms with Gasteiger partial charge in [-0.1, -0.05) is 20.8 Å². The van der Waals surface area contributed by atoms with Crippen LogP contribution in [-0.2, 0) is 11.0 Å². The summed E-state index contributed by atoms with van der Waals surface area (Å²) in [7, 11) is -1.60. The Morgan fingerprint density at radius 2 is 1.86 bits per heavy atom. The standard InChI is InChI=1S/C8H16F3NOS/c1-4-7(8(9,10)11)12-14(13)5-6(2)3/h6-7,12H,4-5H2,1-3H3/t7-,14+/m0/s1. The molecule has 0 aromatic rings. The lowest BCUT2D eigenvalue weighted by Gasteiger charge is -2.19. The first-order chi connectivity index (χ1) is 6.27. The Morgan fingerprint density at radius 1 is 1.36 bits per heavy atom. The Morgan fingerprint density at radius 3 is 2.14 bits per heavy atom. The average Bonchev–Trinajstić information content (AvgIpc) is 1.96. The monoisotopic (exact) mass is 231 g/mol. The van der Waals surface area contributed by atoms with Crippen molar-refractivity contribution in [2.75, 3.05) is 5.75 Å². The van der Waals surface area contributed by atoms with E-state index >= 15 is 0 Å². The van der Waals surface area contributed by atoms with Crippen LogP contribution in [0.2, 0.25) is 0 Å². The largest absolute Gasteiger partial charge is 0.404 e. The van der Waals surface area contributed by atoms with Gasteiger partial charge in [-0.3, -0.25) is 0 Å². The molecule has 0 bridgehead atoms. The van der Waals surface area contributed by atoms with E-state index in [-0.39, 0.29) is 18.1 Å². The highest BCUT2D eigenvalue weighted by atomic mass is 32.2. The van der Waals surface area contributed by atoms with E-state index in [0.29, 0.717) is 0 Å². The molecular weight excluding hydrogens is 215 g/mol. The van der Waals surface area contributed by atoms with E-state index in [1.54, 1.807) is 0 Å². The van der Waals surface area contributed by atoms with Crippen LogP contribution in [0.15, 0.2) is 0 Å². The van der Waals surface area contributed by atoms with E-state index in [9.17, 15) is 17.4 Å². The summed E-state index contributed by atoms with van der Waals surface area (Å²) in [6, 6.07) is -1.66. The summed E-state index contributed by atoms with van der Waals surface area (Å²) >= 11 is 0. The molecule has 0 aliphatic rings. The highest BCUT2D eigenvalue weighted by Crippen LogP contribution is 2.22. The van der Waals surface area contributed by atoms with Crippen LogP contribution in [0.5, 0.6) is 0 Å². The van der Waals surface area contributed by atoms with Gasteiger partial charge in [0.15, 0.2) is 0 Å². The molecule has 1 N–H and O–H groups in total. The predicted octanol–water partition coefficient (Wildman–Crippen LogP) is 2.24. The molecule has 0 heterocycles. The van der Waals surface area contributed by atoms with E-state index in [1.165, 1.54) is 6.92 Å². The number of hydrogen-bond donors (Lipinski definition) is 1. The van der Waals surface area contributed by atoms with Crippen molar-refractivity contribution in [3.8, 4) is 0 Å². The molecule has 0 radical (unpaired) electrons. The highest BCUT2D eigenvalue weighted by Gasteiger charge is 2.39. The zero-order valence-corrected chi connectivity index (χ0v) is 9.34. The fourth-order valence-electron chi connectivity index (χ4n) is 0.891. The Balaban J connectivity index is 4.13. The van der Waals surface area contributed by atoms with Crippen molar-refractivity contribution in [3.05, 3.63) is 0 Å². The lowest BCUT2D eigenvalue weighted by atomic mass is 10.2. The van der Waals surface area contributed by atoms with Crippen LogP contribution in [0.4, 0.5) is 13.2 Å². The third kappa shape index (κ3) is 5.59. The van der Waals surface area contributed by atoms with Gasteiger partial charge in [-0.05, 0) is 12.3 Å². The summed E-state index contributed by atoms with van der Waals surface area (Å²) in [5.41, 5.74) is 0. The highest BCUT2D eigenvalue weighted by molar-refractivity contribution is 7.83. The van der Waals surface area contributed by atoms with Crippen LogP contribution in [0.1, 0.15) is 27.2 Å². The molecule has 14 heavy (non-hydrogen) atoms. The maximum absolute atomic E-state index is 12.2. The molecule has 0 rings (SSSR count). The third-order valence-corrected chi connectivity index (χ3v) is 3.08. The van der Waals surface area contributed by atoms with Gasteiger partial charge in [-0.15, -0.1) is 0 Å². The van der Waals surface area contributed by atoms with Crippen molar-refractivity contribution in [2.24, 2.45) is 5.92 Å². The number of alkyl halides is 3. The van der Waals surface area contributed by atoms with Gasteiger partial charge in [0.25, 0.3) is 0 Å². The molecule has 0 aromatic carbocycles. The van der Waals surface area contributed by atoms with Crippen molar-refractivity contribution in [1.82, 2.24) is 4.72 Å². The van der Waals surface area contributed by atoms with E-state index in [2.05, 4.69) is 4.72 Å². The van der Waals surface area contributed by atoms with E-state index in [0.717, 1.165) is 0 Å². The van der Waals surface area contributed by atoms with Crippen LogP contribution < -0.4 is 4.72 Å². The van der Waals surface area contributed by atoms with Crippen LogP contribution in [0.25, 0.3) is 0 Å². The summed E-state index contributed by atoms with van der Waals surface area (Å²) in [6.45, 7) is 5.04. The van der Waals surface area contributed by atoms with Crippen LogP contribution in [0.3, 0.4) is 0 Å². The minimum Gasteiger partial charge on any atom is -0.243 e. The molecule has 0 aliphatic carbocycles. The molecule has 2 nitrogen and oxygen atoms in total. The molecule has 0 saturated heterocycles. The Labute approximate surface area is 84.8 Å². The van der Waals surface area contributed by atoms with Gasteiger partial charge in [0.2, 0.25) is 0 Å². The predicted molar refractivity (Wildman–Crippen MR) is 51.1 cm³/mol. The molecule has 0 spiro atoms. The fourth-order valence-corrected chi connectivity index (χ4v) is 2.21. The maximum Gasteiger partial charge on any atom is 0.404 e. The number of hydrogen-bond acceptors (Lipinski definition) is 1. The first-order valence-corrected chi connectivity index (χ1v) is 5.80. The second kappa shape index (κ2) is 5.70. The van der Waals surface area contributed by atoms with Gasteiger partial charge in [0.05, 0.1) is 11.0 Å². The SMILES string of the molecule is CC[C@H](N[S@](=O)CC(C)C)C(F)(F)F. The number of rotatable bonds is 5. The zero-order valence-electron chi connectivity index (χ0n) is 8.52. The first kappa shape index (κ1) is 13.9. The van der Waals surface area contributed by atoms with Gasteiger partial charge < -0.3 is 0 Å². The van der Waals surface area contributed by atoms with Gasteiger partial charge in [-0.25, -0.2) is 8.93 Å². The summed E-state index contributed by atoms with van der Waals surface area (Å²) in [5, 5.41) is 0. The minimum absolute atomic E-state index is 0.104. The maximum atomic E-state index is 12.2. The molecule has 0 unspecified atom stereocenters. The molecule has 0 amide bonds. The molecule has 0 aliphatic heterocycles. The quantitative estimate of drug-likeness (QED) is 0.772. The van der Waals surface area contributed by atoms with Crippen molar-refractivity contribution in [1.29, 1.82) is 0 Å². The molecular formula is C8H16F3NOS.